The number of anilines is 1. The molecule has 1 atom stereocenters. The third kappa shape index (κ3) is 4.57. The molecule has 23 heavy (non-hydrogen) atoms. The average molecular weight is 354 g/mol. The van der Waals surface area contributed by atoms with Crippen molar-refractivity contribution in [3.63, 3.8) is 0 Å². The van der Waals surface area contributed by atoms with Crippen LogP contribution in [-0.4, -0.2) is 33.9 Å². The van der Waals surface area contributed by atoms with E-state index in [0.29, 0.717) is 28.7 Å². The predicted molar refractivity (Wildman–Crippen MR) is 89.8 cm³/mol. The fourth-order valence-electron chi connectivity index (χ4n) is 1.80. The molecule has 1 unspecified atom stereocenters. The maximum absolute atomic E-state index is 11.6. The normalized spacial score (nSPS) is 11.8. The van der Waals surface area contributed by atoms with E-state index in [1.807, 2.05) is 6.26 Å². The third-order valence-corrected chi connectivity index (χ3v) is 3.74. The summed E-state index contributed by atoms with van der Waals surface area (Å²) in [5.74, 6) is -0.386. The van der Waals surface area contributed by atoms with Crippen LogP contribution in [0.25, 0.3) is 0 Å². The Labute approximate surface area is 143 Å². The van der Waals surface area contributed by atoms with Crippen LogP contribution in [0.5, 0.6) is 0 Å². The topological polar surface area (TPSA) is 84.3 Å². The summed E-state index contributed by atoms with van der Waals surface area (Å²) in [5.41, 5.74) is 1.35. The number of carbonyl (C=O) groups excluding carboxylic acids is 1. The van der Waals surface area contributed by atoms with Gasteiger partial charge >= 0.3 is 5.97 Å². The van der Waals surface area contributed by atoms with Gasteiger partial charge in [-0.15, -0.1) is 0 Å². The van der Waals surface area contributed by atoms with Crippen molar-refractivity contribution in [2.75, 3.05) is 18.2 Å². The van der Waals surface area contributed by atoms with E-state index >= 15 is 0 Å². The molecule has 2 N–H and O–H groups in total. The second-order valence-corrected chi connectivity index (χ2v) is 5.62. The molecular weight excluding hydrogens is 338 g/mol. The minimum absolute atomic E-state index is 0.269. The average Bonchev–Trinajstić information content (AvgIpc) is 2.56. The van der Waals surface area contributed by atoms with Crippen molar-refractivity contribution in [1.82, 2.24) is 9.97 Å². The lowest BCUT2D eigenvalue weighted by Gasteiger charge is -2.15. The summed E-state index contributed by atoms with van der Waals surface area (Å²) >= 11 is 7.37. The Morgan fingerprint density at radius 3 is 2.74 bits per heavy atom. The lowest BCUT2D eigenvalue weighted by molar-refractivity contribution is 0.0526. The first-order valence-electron chi connectivity index (χ1n) is 6.83. The highest BCUT2D eigenvalue weighted by Gasteiger charge is 2.15. The van der Waals surface area contributed by atoms with Crippen LogP contribution in [-0.2, 0) is 4.74 Å². The zero-order valence-electron chi connectivity index (χ0n) is 12.6. The number of esters is 1. The molecule has 1 aromatic heterocycles. The van der Waals surface area contributed by atoms with Crippen molar-refractivity contribution in [2.24, 2.45) is 0 Å². The summed E-state index contributed by atoms with van der Waals surface area (Å²) in [4.78, 5) is 19.8. The number of aliphatic hydroxyl groups is 1. The molecule has 8 heteroatoms. The fraction of sp³-hybridized carbons (Fsp3) is 0.267. The van der Waals surface area contributed by atoms with Crippen LogP contribution in [0.15, 0.2) is 35.6 Å². The SMILES string of the molecule is CCOC(=O)c1ccc(NC(O)c2nc(SC)ncc2Cl)cc1. The molecule has 1 heterocycles. The Balaban J connectivity index is 2.11. The smallest absolute Gasteiger partial charge is 0.338 e. The Bertz CT molecular complexity index is 682. The maximum atomic E-state index is 11.6. The van der Waals surface area contributed by atoms with Crippen LogP contribution in [0, 0.1) is 0 Å². The first-order chi connectivity index (χ1) is 11.0. The lowest BCUT2D eigenvalue weighted by atomic mass is 10.2. The van der Waals surface area contributed by atoms with Gasteiger partial charge in [0, 0.05) is 5.69 Å². The molecule has 0 bridgehead atoms. The number of hydrogen-bond donors (Lipinski definition) is 2. The van der Waals surface area contributed by atoms with Gasteiger partial charge in [-0.05, 0) is 37.4 Å². The number of thioether (sulfide) groups is 1. The molecule has 6 nitrogen and oxygen atoms in total. The fourth-order valence-corrected chi connectivity index (χ4v) is 2.34. The monoisotopic (exact) mass is 353 g/mol. The zero-order chi connectivity index (χ0) is 16.8. The van der Waals surface area contributed by atoms with E-state index in [1.54, 1.807) is 31.2 Å². The highest BCUT2D eigenvalue weighted by atomic mass is 35.5. The molecule has 0 saturated carbocycles. The molecule has 1 aromatic carbocycles. The van der Waals surface area contributed by atoms with E-state index in [4.69, 9.17) is 16.3 Å². The summed E-state index contributed by atoms with van der Waals surface area (Å²) in [6.07, 6.45) is 2.19. The van der Waals surface area contributed by atoms with E-state index < -0.39 is 6.23 Å². The van der Waals surface area contributed by atoms with Crippen LogP contribution in [0.1, 0.15) is 29.2 Å². The van der Waals surface area contributed by atoms with E-state index in [2.05, 4.69) is 15.3 Å². The standard InChI is InChI=1S/C15H16ClN3O3S/c1-3-22-14(21)9-4-6-10(7-5-9)18-13(20)12-11(16)8-17-15(19-12)23-2/h4-8,13,18,20H,3H2,1-2H3. The predicted octanol–water partition coefficient (Wildman–Crippen LogP) is 3.13. The lowest BCUT2D eigenvalue weighted by Crippen LogP contribution is -2.13. The molecule has 122 valence electrons. The molecule has 0 amide bonds. The van der Waals surface area contributed by atoms with Crippen molar-refractivity contribution < 1.29 is 14.6 Å². The number of carbonyl (C=O) groups is 1. The van der Waals surface area contributed by atoms with Gasteiger partial charge < -0.3 is 15.2 Å². The molecule has 0 radical (unpaired) electrons. The van der Waals surface area contributed by atoms with Crippen molar-refractivity contribution in [3.05, 3.63) is 46.7 Å². The summed E-state index contributed by atoms with van der Waals surface area (Å²) in [6.45, 7) is 2.07. The van der Waals surface area contributed by atoms with E-state index in [1.165, 1.54) is 18.0 Å². The Morgan fingerprint density at radius 2 is 2.13 bits per heavy atom. The molecule has 2 aromatic rings. The maximum Gasteiger partial charge on any atom is 0.338 e. The number of nitrogens with one attached hydrogen (secondary N) is 1. The van der Waals surface area contributed by atoms with Gasteiger partial charge in [0.2, 0.25) is 0 Å². The van der Waals surface area contributed by atoms with Crippen molar-refractivity contribution in [3.8, 4) is 0 Å². The molecule has 0 fully saturated rings. The van der Waals surface area contributed by atoms with Crippen LogP contribution in [0.2, 0.25) is 5.02 Å². The van der Waals surface area contributed by atoms with Crippen LogP contribution in [0.3, 0.4) is 0 Å². The largest absolute Gasteiger partial charge is 0.462 e. The Kier molecular flexibility index (Phi) is 6.20. The van der Waals surface area contributed by atoms with Gasteiger partial charge in [-0.1, -0.05) is 23.4 Å². The van der Waals surface area contributed by atoms with Gasteiger partial charge in [-0.2, -0.15) is 0 Å². The van der Waals surface area contributed by atoms with Crippen LogP contribution in [0.4, 0.5) is 5.69 Å². The van der Waals surface area contributed by atoms with Crippen LogP contribution < -0.4 is 5.32 Å². The summed E-state index contributed by atoms with van der Waals surface area (Å²) < 4.78 is 4.91. The number of rotatable bonds is 6. The van der Waals surface area contributed by atoms with Gasteiger partial charge in [-0.3, -0.25) is 0 Å². The zero-order valence-corrected chi connectivity index (χ0v) is 14.2. The highest BCUT2D eigenvalue weighted by Crippen LogP contribution is 2.24. The van der Waals surface area contributed by atoms with E-state index in [-0.39, 0.29) is 11.0 Å². The molecule has 2 rings (SSSR count). The molecule has 0 spiro atoms. The highest BCUT2D eigenvalue weighted by molar-refractivity contribution is 7.98. The Morgan fingerprint density at radius 1 is 1.43 bits per heavy atom. The van der Waals surface area contributed by atoms with Crippen molar-refractivity contribution in [1.29, 1.82) is 0 Å². The number of aromatic nitrogens is 2. The van der Waals surface area contributed by atoms with Crippen LogP contribution >= 0.6 is 23.4 Å². The number of aliphatic hydroxyl groups excluding tert-OH is 1. The Hall–Kier alpha value is -1.83. The van der Waals surface area contributed by atoms with Crippen molar-refractivity contribution in [2.45, 2.75) is 18.3 Å². The number of hydrogen-bond acceptors (Lipinski definition) is 7. The molecule has 0 aliphatic heterocycles. The van der Waals surface area contributed by atoms with Gasteiger partial charge in [0.1, 0.15) is 5.69 Å². The summed E-state index contributed by atoms with van der Waals surface area (Å²) in [7, 11) is 0. The third-order valence-electron chi connectivity index (χ3n) is 2.89. The number of halogens is 1. The minimum atomic E-state index is -1.09. The summed E-state index contributed by atoms with van der Waals surface area (Å²) in [5, 5.41) is 13.9. The second-order valence-electron chi connectivity index (χ2n) is 4.43. The minimum Gasteiger partial charge on any atom is -0.462 e. The number of ether oxygens (including phenoxy) is 1. The molecule has 0 saturated heterocycles. The van der Waals surface area contributed by atoms with Gasteiger partial charge in [-0.25, -0.2) is 14.8 Å². The van der Waals surface area contributed by atoms with Gasteiger partial charge in [0.25, 0.3) is 0 Å². The molecule has 0 aliphatic carbocycles. The van der Waals surface area contributed by atoms with E-state index in [9.17, 15) is 9.90 Å². The first kappa shape index (κ1) is 17.5. The van der Waals surface area contributed by atoms with E-state index in [0.717, 1.165) is 0 Å². The van der Waals surface area contributed by atoms with Gasteiger partial charge in [0.15, 0.2) is 11.4 Å². The first-order valence-corrected chi connectivity index (χ1v) is 8.43. The summed E-state index contributed by atoms with van der Waals surface area (Å²) in [6, 6.07) is 6.56. The van der Waals surface area contributed by atoms with Crippen molar-refractivity contribution >= 4 is 35.0 Å². The molecular formula is C15H16ClN3O3S. The number of benzene rings is 1. The quantitative estimate of drug-likeness (QED) is 0.357. The second kappa shape index (κ2) is 8.14. The number of nitrogens with zero attached hydrogens (tertiary/aromatic N) is 2. The van der Waals surface area contributed by atoms with Gasteiger partial charge in [0.05, 0.1) is 23.4 Å². The molecule has 0 aliphatic rings.